The van der Waals surface area contributed by atoms with Gasteiger partial charge in [-0.25, -0.2) is 4.98 Å². The second-order valence-electron chi connectivity index (χ2n) is 5.24. The molecule has 1 aromatic carbocycles. The van der Waals surface area contributed by atoms with Gasteiger partial charge in [0, 0.05) is 29.4 Å². The molecule has 0 atom stereocenters. The van der Waals surface area contributed by atoms with Crippen LogP contribution in [-0.4, -0.2) is 27.6 Å². The van der Waals surface area contributed by atoms with Crippen molar-refractivity contribution in [2.24, 2.45) is 4.99 Å². The molecule has 4 rings (SSSR count). The first-order valence-corrected chi connectivity index (χ1v) is 8.46. The molecule has 0 aliphatic carbocycles. The Hall–Kier alpha value is -3.19. The average molecular weight is 350 g/mol. The molecule has 0 fully saturated rings. The van der Waals surface area contributed by atoms with Crippen molar-refractivity contribution < 1.29 is 9.53 Å². The fourth-order valence-corrected chi connectivity index (χ4v) is 3.37. The van der Waals surface area contributed by atoms with Crippen molar-refractivity contribution in [2.45, 2.75) is 0 Å². The first-order chi connectivity index (χ1) is 12.3. The van der Waals surface area contributed by atoms with Crippen LogP contribution in [0, 0.1) is 0 Å². The molecule has 0 saturated heterocycles. The van der Waals surface area contributed by atoms with Crippen molar-refractivity contribution in [2.75, 3.05) is 7.11 Å². The van der Waals surface area contributed by atoms with Gasteiger partial charge >= 0.3 is 0 Å². The third-order valence-corrected chi connectivity index (χ3v) is 4.58. The van der Waals surface area contributed by atoms with Gasteiger partial charge in [0.25, 0.3) is 5.91 Å². The summed E-state index contributed by atoms with van der Waals surface area (Å²) >= 11 is 1.39. The minimum absolute atomic E-state index is 0.307. The summed E-state index contributed by atoms with van der Waals surface area (Å²) in [4.78, 5) is 24.8. The second kappa shape index (κ2) is 6.37. The lowest BCUT2D eigenvalue weighted by molar-refractivity contribution is 0.0999. The number of para-hydroxylation sites is 2. The number of aromatic amines is 1. The predicted molar refractivity (Wildman–Crippen MR) is 96.2 cm³/mol. The Morgan fingerprint density at radius 3 is 3.04 bits per heavy atom. The number of benzene rings is 1. The number of hydrogen-bond acceptors (Lipinski definition) is 4. The number of carbonyl (C=O) groups is 1. The van der Waals surface area contributed by atoms with Crippen LogP contribution in [0.4, 0.5) is 0 Å². The van der Waals surface area contributed by atoms with Gasteiger partial charge in [0.05, 0.1) is 18.4 Å². The summed E-state index contributed by atoms with van der Waals surface area (Å²) in [6.07, 6.45) is 5.23. The van der Waals surface area contributed by atoms with Crippen LogP contribution >= 0.6 is 11.3 Å². The molecule has 124 valence electrons. The van der Waals surface area contributed by atoms with Crippen molar-refractivity contribution in [1.29, 1.82) is 0 Å². The Morgan fingerprint density at radius 2 is 2.16 bits per heavy atom. The van der Waals surface area contributed by atoms with Crippen molar-refractivity contribution in [1.82, 2.24) is 14.5 Å². The maximum Gasteiger partial charge on any atom is 0.280 e. The van der Waals surface area contributed by atoms with Crippen LogP contribution in [0.3, 0.4) is 0 Å². The highest BCUT2D eigenvalue weighted by Crippen LogP contribution is 2.21. The van der Waals surface area contributed by atoms with E-state index in [1.807, 2.05) is 46.5 Å². The van der Waals surface area contributed by atoms with E-state index in [1.165, 1.54) is 11.3 Å². The number of hydrogen-bond donors (Lipinski definition) is 1. The summed E-state index contributed by atoms with van der Waals surface area (Å²) in [5, 5.41) is 2.65. The number of nitrogens with zero attached hydrogens (tertiary/aromatic N) is 3. The molecule has 25 heavy (non-hydrogen) atoms. The lowest BCUT2D eigenvalue weighted by Crippen LogP contribution is -2.15. The Morgan fingerprint density at radius 1 is 1.28 bits per heavy atom. The van der Waals surface area contributed by atoms with Gasteiger partial charge in [-0.15, -0.1) is 11.3 Å². The summed E-state index contributed by atoms with van der Waals surface area (Å²) < 4.78 is 7.25. The normalized spacial score (nSPS) is 11.8. The molecule has 7 heteroatoms. The maximum absolute atomic E-state index is 12.7. The quantitative estimate of drug-likeness (QED) is 0.617. The molecule has 0 unspecified atom stereocenters. The van der Waals surface area contributed by atoms with Crippen LogP contribution < -0.4 is 9.54 Å². The minimum atomic E-state index is -0.307. The van der Waals surface area contributed by atoms with E-state index >= 15 is 0 Å². The van der Waals surface area contributed by atoms with Gasteiger partial charge in [-0.2, -0.15) is 4.99 Å². The van der Waals surface area contributed by atoms with E-state index in [0.717, 1.165) is 11.1 Å². The van der Waals surface area contributed by atoms with E-state index in [2.05, 4.69) is 15.0 Å². The van der Waals surface area contributed by atoms with Crippen LogP contribution in [0.2, 0.25) is 0 Å². The summed E-state index contributed by atoms with van der Waals surface area (Å²) in [7, 11) is 1.62. The smallest absolute Gasteiger partial charge is 0.280 e. The number of rotatable bonds is 3. The number of thiazole rings is 1. The van der Waals surface area contributed by atoms with E-state index in [9.17, 15) is 4.79 Å². The highest BCUT2D eigenvalue weighted by Gasteiger charge is 2.12. The molecule has 0 aliphatic heterocycles. The molecule has 0 saturated carbocycles. The monoisotopic (exact) mass is 350 g/mol. The molecule has 4 aromatic rings. The number of H-pyrrole nitrogens is 1. The van der Waals surface area contributed by atoms with Crippen molar-refractivity contribution in [3.8, 4) is 11.4 Å². The van der Waals surface area contributed by atoms with Crippen LogP contribution in [0.1, 0.15) is 10.4 Å². The average Bonchev–Trinajstić information content (AvgIpc) is 3.30. The number of fused-ring (bicyclic) bond motifs is 1. The molecule has 0 radical (unpaired) electrons. The maximum atomic E-state index is 12.7. The van der Waals surface area contributed by atoms with Crippen molar-refractivity contribution in [3.63, 3.8) is 0 Å². The van der Waals surface area contributed by atoms with E-state index in [4.69, 9.17) is 4.74 Å². The molecule has 3 heterocycles. The molecule has 0 aliphatic rings. The molecule has 3 aromatic heterocycles. The molecule has 0 spiro atoms. The number of amides is 1. The SMILES string of the molecule is COc1ccccc1-n1ccsc1=NC(=O)c1ccnc2[nH]ccc12. The van der Waals surface area contributed by atoms with Gasteiger partial charge in [0.1, 0.15) is 11.4 Å². The van der Waals surface area contributed by atoms with E-state index < -0.39 is 0 Å². The highest BCUT2D eigenvalue weighted by molar-refractivity contribution is 7.07. The minimum Gasteiger partial charge on any atom is -0.495 e. The third kappa shape index (κ3) is 2.74. The highest BCUT2D eigenvalue weighted by atomic mass is 32.1. The Bertz CT molecular complexity index is 1120. The zero-order valence-corrected chi connectivity index (χ0v) is 14.2. The predicted octanol–water partition coefficient (Wildman–Crippen LogP) is 3.16. The number of nitrogens with one attached hydrogen (secondary N) is 1. The Kier molecular flexibility index (Phi) is 3.91. The summed E-state index contributed by atoms with van der Waals surface area (Å²) in [5.74, 6) is 0.407. The number of methoxy groups -OCH3 is 1. The zero-order chi connectivity index (χ0) is 17.2. The zero-order valence-electron chi connectivity index (χ0n) is 13.3. The molecule has 1 amide bonds. The van der Waals surface area contributed by atoms with Gasteiger partial charge in [0.2, 0.25) is 0 Å². The number of ether oxygens (including phenoxy) is 1. The Labute approximate surface area is 147 Å². The lowest BCUT2D eigenvalue weighted by atomic mass is 10.2. The second-order valence-corrected chi connectivity index (χ2v) is 6.12. The van der Waals surface area contributed by atoms with Gasteiger partial charge in [-0.1, -0.05) is 12.1 Å². The fraction of sp³-hybridized carbons (Fsp3) is 0.0556. The summed E-state index contributed by atoms with van der Waals surface area (Å²) in [5.41, 5.74) is 2.02. The van der Waals surface area contributed by atoms with Gasteiger partial charge in [0.15, 0.2) is 4.80 Å². The molecular weight excluding hydrogens is 336 g/mol. The van der Waals surface area contributed by atoms with E-state index in [-0.39, 0.29) is 5.91 Å². The van der Waals surface area contributed by atoms with Crippen LogP contribution in [0.5, 0.6) is 5.75 Å². The van der Waals surface area contributed by atoms with Gasteiger partial charge < -0.3 is 9.72 Å². The largest absolute Gasteiger partial charge is 0.495 e. The summed E-state index contributed by atoms with van der Waals surface area (Å²) in [6.45, 7) is 0. The number of aromatic nitrogens is 3. The van der Waals surface area contributed by atoms with Crippen LogP contribution in [0.15, 0.2) is 65.4 Å². The molecule has 1 N–H and O–H groups in total. The first-order valence-electron chi connectivity index (χ1n) is 7.58. The topological polar surface area (TPSA) is 72.3 Å². The van der Waals surface area contributed by atoms with Crippen molar-refractivity contribution >= 4 is 28.3 Å². The van der Waals surface area contributed by atoms with E-state index in [1.54, 1.807) is 25.6 Å². The fourth-order valence-electron chi connectivity index (χ4n) is 2.66. The van der Waals surface area contributed by atoms with Gasteiger partial charge in [-0.3, -0.25) is 9.36 Å². The first kappa shape index (κ1) is 15.3. The lowest BCUT2D eigenvalue weighted by Gasteiger charge is -2.08. The number of carbonyl (C=O) groups excluding carboxylic acids is 1. The van der Waals surface area contributed by atoms with Crippen molar-refractivity contribution in [3.05, 3.63) is 70.7 Å². The Balaban J connectivity index is 1.82. The molecule has 0 bridgehead atoms. The van der Waals surface area contributed by atoms with Gasteiger partial charge in [-0.05, 0) is 24.3 Å². The molecule has 6 nitrogen and oxygen atoms in total. The van der Waals surface area contributed by atoms with Crippen LogP contribution in [-0.2, 0) is 0 Å². The molecular formula is C18H14N4O2S. The van der Waals surface area contributed by atoms with E-state index in [0.29, 0.717) is 21.8 Å². The standard InChI is InChI=1S/C18H14N4O2S/c1-24-15-5-3-2-4-14(15)22-10-11-25-18(22)21-17(23)13-7-9-20-16-12(13)6-8-19-16/h2-11H,1H3,(H,19,20). The number of pyridine rings is 1. The van der Waals surface area contributed by atoms with Crippen LogP contribution in [0.25, 0.3) is 16.7 Å². The summed E-state index contributed by atoms with van der Waals surface area (Å²) in [6, 6.07) is 11.1. The third-order valence-electron chi connectivity index (χ3n) is 3.82.